The van der Waals surface area contributed by atoms with E-state index in [0.717, 1.165) is 16.6 Å². The highest BCUT2D eigenvalue weighted by atomic mass is 16.3. The van der Waals surface area contributed by atoms with E-state index in [4.69, 9.17) is 10.8 Å². The molecule has 0 aliphatic rings. The summed E-state index contributed by atoms with van der Waals surface area (Å²) in [6.07, 6.45) is 1.15. The second-order valence-electron chi connectivity index (χ2n) is 3.62. The fraction of sp³-hybridized carbons (Fsp3) is 0.273. The van der Waals surface area contributed by atoms with E-state index >= 15 is 0 Å². The van der Waals surface area contributed by atoms with Gasteiger partial charge in [0.2, 0.25) is 0 Å². The summed E-state index contributed by atoms with van der Waals surface area (Å²) in [6, 6.07) is 7.56. The summed E-state index contributed by atoms with van der Waals surface area (Å²) in [5.41, 5.74) is 7.40. The second-order valence-corrected chi connectivity index (χ2v) is 3.62. The number of aliphatic hydroxyl groups excluding tert-OH is 2. The van der Waals surface area contributed by atoms with Crippen molar-refractivity contribution in [2.75, 3.05) is 12.3 Å². The quantitative estimate of drug-likeness (QED) is 0.643. The molecule has 4 nitrogen and oxygen atoms in total. The van der Waals surface area contributed by atoms with Crippen LogP contribution in [-0.4, -0.2) is 27.5 Å². The zero-order chi connectivity index (χ0) is 10.8. The van der Waals surface area contributed by atoms with Crippen LogP contribution in [0.25, 0.3) is 10.9 Å². The summed E-state index contributed by atoms with van der Waals surface area (Å²) in [5, 5.41) is 19.2. The summed E-state index contributed by atoms with van der Waals surface area (Å²) in [4.78, 5) is 0. The third-order valence-corrected chi connectivity index (χ3v) is 2.41. The summed E-state index contributed by atoms with van der Waals surface area (Å²) in [7, 11) is 0. The number of hydrogen-bond acceptors (Lipinski definition) is 3. The number of hydrogen-bond donors (Lipinski definition) is 3. The van der Waals surface area contributed by atoms with Crippen molar-refractivity contribution in [2.45, 2.75) is 12.6 Å². The van der Waals surface area contributed by atoms with Gasteiger partial charge in [0.05, 0.1) is 19.3 Å². The van der Waals surface area contributed by atoms with Gasteiger partial charge in [0.15, 0.2) is 0 Å². The third-order valence-electron chi connectivity index (χ3n) is 2.41. The van der Waals surface area contributed by atoms with E-state index in [1.807, 2.05) is 35.0 Å². The minimum atomic E-state index is -0.724. The predicted molar refractivity (Wildman–Crippen MR) is 59.4 cm³/mol. The Kier molecular flexibility index (Phi) is 2.62. The van der Waals surface area contributed by atoms with Crippen molar-refractivity contribution >= 4 is 16.6 Å². The molecule has 0 saturated heterocycles. The number of aromatic nitrogens is 1. The SMILES string of the molecule is Nc1ccc2c(ccn2CC(O)CO)c1. The molecule has 0 fully saturated rings. The molecule has 0 saturated carbocycles. The van der Waals surface area contributed by atoms with Crippen LogP contribution in [0, 0.1) is 0 Å². The lowest BCUT2D eigenvalue weighted by Gasteiger charge is -2.09. The molecule has 0 aliphatic carbocycles. The highest BCUT2D eigenvalue weighted by molar-refractivity contribution is 5.83. The van der Waals surface area contributed by atoms with Crippen LogP contribution in [0.2, 0.25) is 0 Å². The van der Waals surface area contributed by atoms with E-state index in [0.29, 0.717) is 6.54 Å². The molecule has 1 atom stereocenters. The second kappa shape index (κ2) is 3.92. The average molecular weight is 206 g/mol. The van der Waals surface area contributed by atoms with Crippen LogP contribution in [-0.2, 0) is 6.54 Å². The molecular weight excluding hydrogens is 192 g/mol. The van der Waals surface area contributed by atoms with Gasteiger partial charge in [0.1, 0.15) is 0 Å². The van der Waals surface area contributed by atoms with Gasteiger partial charge in [-0.15, -0.1) is 0 Å². The standard InChI is InChI=1S/C11H14N2O2/c12-9-1-2-11-8(5-9)3-4-13(11)6-10(15)7-14/h1-5,10,14-15H,6-7,12H2. The van der Waals surface area contributed by atoms with Gasteiger partial charge < -0.3 is 20.5 Å². The van der Waals surface area contributed by atoms with Gasteiger partial charge >= 0.3 is 0 Å². The normalized spacial score (nSPS) is 13.2. The van der Waals surface area contributed by atoms with Gasteiger partial charge in [-0.1, -0.05) is 0 Å². The van der Waals surface area contributed by atoms with Gasteiger partial charge in [-0.05, 0) is 24.3 Å². The summed E-state index contributed by atoms with van der Waals surface area (Å²) >= 11 is 0. The van der Waals surface area contributed by atoms with Crippen molar-refractivity contribution in [3.63, 3.8) is 0 Å². The molecule has 0 spiro atoms. The summed E-state index contributed by atoms with van der Waals surface area (Å²) in [5.74, 6) is 0. The Morgan fingerprint density at radius 3 is 2.87 bits per heavy atom. The van der Waals surface area contributed by atoms with Crippen LogP contribution >= 0.6 is 0 Å². The molecule has 0 bridgehead atoms. The topological polar surface area (TPSA) is 71.4 Å². The monoisotopic (exact) mass is 206 g/mol. The van der Waals surface area contributed by atoms with Crippen LogP contribution in [0.4, 0.5) is 5.69 Å². The number of nitrogens with zero attached hydrogens (tertiary/aromatic N) is 1. The number of rotatable bonds is 3. The Hall–Kier alpha value is -1.52. The van der Waals surface area contributed by atoms with E-state index in [1.165, 1.54) is 0 Å². The zero-order valence-electron chi connectivity index (χ0n) is 8.30. The number of fused-ring (bicyclic) bond motifs is 1. The fourth-order valence-electron chi connectivity index (χ4n) is 1.66. The first-order valence-corrected chi connectivity index (χ1v) is 4.84. The van der Waals surface area contributed by atoms with Crippen LogP contribution in [0.5, 0.6) is 0 Å². The molecule has 80 valence electrons. The van der Waals surface area contributed by atoms with Gasteiger partial charge in [0.25, 0.3) is 0 Å². The summed E-state index contributed by atoms with van der Waals surface area (Å²) in [6.45, 7) is 0.165. The molecule has 2 aromatic rings. The number of benzene rings is 1. The first-order valence-electron chi connectivity index (χ1n) is 4.84. The predicted octanol–water partition coefficient (Wildman–Crippen LogP) is 0.577. The Bertz CT molecular complexity index is 465. The molecule has 4 heteroatoms. The highest BCUT2D eigenvalue weighted by Gasteiger charge is 2.06. The first-order chi connectivity index (χ1) is 7.20. The lowest BCUT2D eigenvalue weighted by atomic mass is 10.2. The number of aliphatic hydroxyl groups is 2. The van der Waals surface area contributed by atoms with Gasteiger partial charge in [-0.25, -0.2) is 0 Å². The zero-order valence-corrected chi connectivity index (χ0v) is 8.30. The highest BCUT2D eigenvalue weighted by Crippen LogP contribution is 2.18. The van der Waals surface area contributed by atoms with Crippen LogP contribution in [0.1, 0.15) is 0 Å². The lowest BCUT2D eigenvalue weighted by Crippen LogP contribution is -2.19. The van der Waals surface area contributed by atoms with E-state index < -0.39 is 6.10 Å². The maximum atomic E-state index is 9.35. The van der Waals surface area contributed by atoms with Crippen LogP contribution in [0.3, 0.4) is 0 Å². The van der Waals surface area contributed by atoms with Gasteiger partial charge in [-0.3, -0.25) is 0 Å². The molecule has 2 rings (SSSR count). The van der Waals surface area contributed by atoms with Crippen molar-refractivity contribution in [1.82, 2.24) is 4.57 Å². The Balaban J connectivity index is 2.36. The summed E-state index contributed by atoms with van der Waals surface area (Å²) < 4.78 is 1.90. The Morgan fingerprint density at radius 1 is 1.33 bits per heavy atom. The molecule has 0 amide bonds. The average Bonchev–Trinajstić information content (AvgIpc) is 2.60. The molecule has 1 aromatic carbocycles. The van der Waals surface area contributed by atoms with Gasteiger partial charge in [-0.2, -0.15) is 0 Å². The van der Waals surface area contributed by atoms with Crippen molar-refractivity contribution in [1.29, 1.82) is 0 Å². The number of nitrogen functional groups attached to an aromatic ring is 1. The lowest BCUT2D eigenvalue weighted by molar-refractivity contribution is 0.0822. The molecule has 4 N–H and O–H groups in total. The van der Waals surface area contributed by atoms with Gasteiger partial charge in [0, 0.05) is 22.8 Å². The molecule has 15 heavy (non-hydrogen) atoms. The Morgan fingerprint density at radius 2 is 2.13 bits per heavy atom. The van der Waals surface area contributed by atoms with Crippen molar-refractivity contribution in [3.8, 4) is 0 Å². The molecular formula is C11H14N2O2. The van der Waals surface area contributed by atoms with E-state index in [9.17, 15) is 5.11 Å². The Labute approximate surface area is 87.6 Å². The smallest absolute Gasteiger partial charge is 0.0949 e. The third kappa shape index (κ3) is 1.95. The van der Waals surface area contributed by atoms with E-state index in [-0.39, 0.29) is 6.61 Å². The largest absolute Gasteiger partial charge is 0.399 e. The van der Waals surface area contributed by atoms with Crippen molar-refractivity contribution < 1.29 is 10.2 Å². The fourth-order valence-corrected chi connectivity index (χ4v) is 1.66. The van der Waals surface area contributed by atoms with Crippen LogP contribution in [0.15, 0.2) is 30.5 Å². The minimum Gasteiger partial charge on any atom is -0.399 e. The molecule has 0 aliphatic heterocycles. The van der Waals surface area contributed by atoms with E-state index in [2.05, 4.69) is 0 Å². The number of anilines is 1. The van der Waals surface area contributed by atoms with Crippen molar-refractivity contribution in [3.05, 3.63) is 30.5 Å². The maximum Gasteiger partial charge on any atom is 0.0949 e. The minimum absolute atomic E-state index is 0.228. The van der Waals surface area contributed by atoms with E-state index in [1.54, 1.807) is 0 Å². The van der Waals surface area contributed by atoms with Crippen molar-refractivity contribution in [2.24, 2.45) is 0 Å². The molecule has 1 heterocycles. The number of nitrogens with two attached hydrogens (primary N) is 1. The molecule has 0 radical (unpaired) electrons. The molecule has 1 unspecified atom stereocenters. The maximum absolute atomic E-state index is 9.35. The van der Waals surface area contributed by atoms with Crippen LogP contribution < -0.4 is 5.73 Å². The first kappa shape index (κ1) is 10.0. The molecule has 1 aromatic heterocycles.